The summed E-state index contributed by atoms with van der Waals surface area (Å²) in [6, 6.07) is 5.16. The van der Waals surface area contributed by atoms with Gasteiger partial charge in [0.15, 0.2) is 0 Å². The quantitative estimate of drug-likeness (QED) is 0.688. The molecule has 2 aliphatic carbocycles. The van der Waals surface area contributed by atoms with Crippen LogP contribution in [0.3, 0.4) is 0 Å². The summed E-state index contributed by atoms with van der Waals surface area (Å²) in [4.78, 5) is 27.6. The molecule has 2 heterocycles. The largest absolute Gasteiger partial charge is 0.376 e. The number of hydrogen-bond acceptors (Lipinski definition) is 5. The fourth-order valence-corrected chi connectivity index (χ4v) is 4.57. The van der Waals surface area contributed by atoms with Crippen molar-refractivity contribution in [2.75, 3.05) is 5.32 Å². The molecule has 1 N–H and O–H groups in total. The van der Waals surface area contributed by atoms with E-state index in [0.717, 1.165) is 5.92 Å². The molecule has 2 aliphatic rings. The van der Waals surface area contributed by atoms with Crippen LogP contribution in [0.15, 0.2) is 29.2 Å². The van der Waals surface area contributed by atoms with Gasteiger partial charge in [-0.25, -0.2) is 4.98 Å². The van der Waals surface area contributed by atoms with E-state index < -0.39 is 16.2 Å². The van der Waals surface area contributed by atoms with Gasteiger partial charge in [-0.15, -0.1) is 0 Å². The van der Waals surface area contributed by atoms with E-state index in [0.29, 0.717) is 17.5 Å². The number of aromatic nitrogens is 2. The summed E-state index contributed by atoms with van der Waals surface area (Å²) in [6.07, 6.45) is 6.49. The zero-order valence-corrected chi connectivity index (χ0v) is 13.5. The van der Waals surface area contributed by atoms with Crippen LogP contribution in [0.25, 0.3) is 5.65 Å². The second-order valence-electron chi connectivity index (χ2n) is 7.07. The third kappa shape index (κ3) is 2.35. The topological polar surface area (TPSA) is 89.5 Å². The predicted molar refractivity (Wildman–Crippen MR) is 90.1 cm³/mol. The lowest BCUT2D eigenvalue weighted by atomic mass is 9.84. The molecule has 7 nitrogen and oxygen atoms in total. The van der Waals surface area contributed by atoms with Crippen molar-refractivity contribution in [3.63, 3.8) is 0 Å². The van der Waals surface area contributed by atoms with Gasteiger partial charge in [0.05, 0.1) is 4.92 Å². The Bertz CT molecular complexity index is 863. The maximum atomic E-state index is 12.5. The van der Waals surface area contributed by atoms with Gasteiger partial charge in [0, 0.05) is 12.2 Å². The van der Waals surface area contributed by atoms with E-state index in [2.05, 4.69) is 10.3 Å². The Morgan fingerprint density at radius 1 is 1.38 bits per heavy atom. The monoisotopic (exact) mass is 328 g/mol. The van der Waals surface area contributed by atoms with Gasteiger partial charge < -0.3 is 5.32 Å². The molecule has 126 valence electrons. The minimum atomic E-state index is -0.645. The van der Waals surface area contributed by atoms with Gasteiger partial charge in [-0.1, -0.05) is 12.5 Å². The molecule has 0 unspecified atom stereocenters. The molecule has 0 aliphatic heterocycles. The van der Waals surface area contributed by atoms with E-state index in [4.69, 9.17) is 0 Å². The van der Waals surface area contributed by atoms with Gasteiger partial charge in [0.2, 0.25) is 5.82 Å². The Labute approximate surface area is 138 Å². The number of nitro groups is 1. The minimum Gasteiger partial charge on any atom is -0.361 e. The molecule has 2 aromatic rings. The van der Waals surface area contributed by atoms with Gasteiger partial charge in [-0.05, 0) is 56.1 Å². The normalized spacial score (nSPS) is 26.6. The van der Waals surface area contributed by atoms with Gasteiger partial charge in [-0.3, -0.25) is 19.3 Å². The van der Waals surface area contributed by atoms with Crippen molar-refractivity contribution in [3.05, 3.63) is 44.9 Å². The lowest BCUT2D eigenvalue weighted by Gasteiger charge is -2.28. The van der Waals surface area contributed by atoms with Crippen LogP contribution in [-0.4, -0.2) is 20.3 Å². The van der Waals surface area contributed by atoms with Crippen LogP contribution in [-0.2, 0) is 0 Å². The number of fused-ring (bicyclic) bond motifs is 3. The Hall–Kier alpha value is -2.44. The van der Waals surface area contributed by atoms with Crippen LogP contribution in [0.1, 0.15) is 32.6 Å². The number of anilines is 1. The average molecular weight is 328 g/mol. The van der Waals surface area contributed by atoms with Crippen molar-refractivity contribution in [1.82, 2.24) is 9.38 Å². The Morgan fingerprint density at radius 2 is 2.21 bits per heavy atom. The molecule has 2 saturated carbocycles. The number of rotatable bonds is 4. The standard InChI is InChI=1S/C17H20N4O3/c1-10(13-9-11-5-6-12(13)8-11)18-16-15(21(23)24)17(22)20-7-3-2-4-14(20)19-16/h2-4,7,10-13,18H,5-6,8-9H2,1H3/t10-,11-,12-,13+/m0/s1. The lowest BCUT2D eigenvalue weighted by Crippen LogP contribution is -2.32. The van der Waals surface area contributed by atoms with E-state index >= 15 is 0 Å². The van der Waals surface area contributed by atoms with Crippen molar-refractivity contribution in [3.8, 4) is 0 Å². The first kappa shape index (κ1) is 15.1. The molecule has 0 radical (unpaired) electrons. The highest BCUT2D eigenvalue weighted by molar-refractivity contribution is 5.60. The number of hydrogen-bond donors (Lipinski definition) is 1. The van der Waals surface area contributed by atoms with Crippen molar-refractivity contribution in [1.29, 1.82) is 0 Å². The highest BCUT2D eigenvalue weighted by atomic mass is 16.6. The molecule has 4 atom stereocenters. The first-order chi connectivity index (χ1) is 11.5. The van der Waals surface area contributed by atoms with E-state index in [1.165, 1.54) is 36.3 Å². The Kier molecular flexibility index (Phi) is 3.51. The van der Waals surface area contributed by atoms with Crippen LogP contribution in [0.4, 0.5) is 11.5 Å². The third-order valence-corrected chi connectivity index (χ3v) is 5.69. The predicted octanol–water partition coefficient (Wildman–Crippen LogP) is 2.84. The maximum Gasteiger partial charge on any atom is 0.376 e. The fourth-order valence-electron chi connectivity index (χ4n) is 4.57. The van der Waals surface area contributed by atoms with E-state index in [-0.39, 0.29) is 11.9 Å². The summed E-state index contributed by atoms with van der Waals surface area (Å²) >= 11 is 0. The molecule has 7 heteroatoms. The SMILES string of the molecule is C[C@H](Nc1nc2ccccn2c(=O)c1[N+](=O)[O-])[C@H]1C[C@H]2CC[C@H]1C2. The Balaban J connectivity index is 1.71. The molecule has 2 bridgehead atoms. The molecule has 4 rings (SSSR count). The summed E-state index contributed by atoms with van der Waals surface area (Å²) in [6.45, 7) is 2.05. The summed E-state index contributed by atoms with van der Waals surface area (Å²) in [5.74, 6) is 2.08. The second-order valence-corrected chi connectivity index (χ2v) is 7.07. The van der Waals surface area contributed by atoms with Gasteiger partial charge in [0.25, 0.3) is 0 Å². The minimum absolute atomic E-state index is 0.0667. The molecule has 0 amide bonds. The Morgan fingerprint density at radius 3 is 2.88 bits per heavy atom. The smallest absolute Gasteiger partial charge is 0.361 e. The number of nitrogens with one attached hydrogen (secondary N) is 1. The van der Waals surface area contributed by atoms with E-state index in [9.17, 15) is 14.9 Å². The van der Waals surface area contributed by atoms with Gasteiger partial charge in [-0.2, -0.15) is 0 Å². The van der Waals surface area contributed by atoms with Crippen molar-refractivity contribution >= 4 is 17.2 Å². The third-order valence-electron chi connectivity index (χ3n) is 5.69. The zero-order chi connectivity index (χ0) is 16.8. The lowest BCUT2D eigenvalue weighted by molar-refractivity contribution is -0.385. The van der Waals surface area contributed by atoms with Crippen LogP contribution in [0.2, 0.25) is 0 Å². The molecule has 2 fully saturated rings. The first-order valence-corrected chi connectivity index (χ1v) is 8.47. The molecular formula is C17H20N4O3. The molecule has 0 spiro atoms. The van der Waals surface area contributed by atoms with Crippen molar-refractivity contribution in [2.24, 2.45) is 17.8 Å². The van der Waals surface area contributed by atoms with Crippen molar-refractivity contribution < 1.29 is 4.92 Å². The second kappa shape index (κ2) is 5.58. The highest BCUT2D eigenvalue weighted by Crippen LogP contribution is 2.49. The van der Waals surface area contributed by atoms with Gasteiger partial charge in [0.1, 0.15) is 5.65 Å². The summed E-state index contributed by atoms with van der Waals surface area (Å²) in [5.41, 5.74) is -0.710. The molecular weight excluding hydrogens is 308 g/mol. The zero-order valence-electron chi connectivity index (χ0n) is 13.5. The van der Waals surface area contributed by atoms with Crippen LogP contribution >= 0.6 is 0 Å². The molecule has 2 aromatic heterocycles. The summed E-state index contributed by atoms with van der Waals surface area (Å²) in [7, 11) is 0. The van der Waals surface area contributed by atoms with Crippen LogP contribution < -0.4 is 10.9 Å². The fraction of sp³-hybridized carbons (Fsp3) is 0.529. The van der Waals surface area contributed by atoms with E-state index in [1.54, 1.807) is 18.2 Å². The number of nitrogens with zero attached hydrogens (tertiary/aromatic N) is 3. The summed E-state index contributed by atoms with van der Waals surface area (Å²) < 4.78 is 1.21. The first-order valence-electron chi connectivity index (χ1n) is 8.47. The van der Waals surface area contributed by atoms with E-state index in [1.807, 2.05) is 6.92 Å². The average Bonchev–Trinajstić information content (AvgIpc) is 3.17. The van der Waals surface area contributed by atoms with Crippen LogP contribution in [0, 0.1) is 27.9 Å². The highest BCUT2D eigenvalue weighted by Gasteiger charge is 2.42. The van der Waals surface area contributed by atoms with Crippen LogP contribution in [0.5, 0.6) is 0 Å². The maximum absolute atomic E-state index is 12.5. The molecule has 0 saturated heterocycles. The van der Waals surface area contributed by atoms with Crippen molar-refractivity contribution in [2.45, 2.75) is 38.6 Å². The number of pyridine rings is 1. The summed E-state index contributed by atoms with van der Waals surface area (Å²) in [5, 5.41) is 14.6. The molecule has 24 heavy (non-hydrogen) atoms. The van der Waals surface area contributed by atoms with Gasteiger partial charge >= 0.3 is 11.2 Å². The molecule has 0 aromatic carbocycles.